The number of hydrogen-bond acceptors (Lipinski definition) is 6. The predicted molar refractivity (Wildman–Crippen MR) is 135 cm³/mol. The zero-order valence-electron chi connectivity index (χ0n) is 20.4. The third kappa shape index (κ3) is 8.23. The zero-order chi connectivity index (χ0) is 23.9. The van der Waals surface area contributed by atoms with Gasteiger partial charge in [-0.1, -0.05) is 46.8 Å². The Balaban J connectivity index is 0.000000944. The van der Waals surface area contributed by atoms with Crippen molar-refractivity contribution in [2.24, 2.45) is 10.2 Å². The third-order valence-corrected chi connectivity index (χ3v) is 4.39. The lowest BCUT2D eigenvalue weighted by atomic mass is 10.0. The number of rotatable bonds is 4. The molecule has 2 aromatic rings. The fourth-order valence-electron chi connectivity index (χ4n) is 2.89. The fourth-order valence-corrected chi connectivity index (χ4v) is 2.89. The Hall–Kier alpha value is -3.06. The minimum Gasteiger partial charge on any atom is -0.507 e. The molecule has 0 aliphatic carbocycles. The van der Waals surface area contributed by atoms with Crippen LogP contribution in [0.15, 0.2) is 53.5 Å². The van der Waals surface area contributed by atoms with Crippen molar-refractivity contribution in [3.63, 3.8) is 0 Å². The summed E-state index contributed by atoms with van der Waals surface area (Å²) in [5.41, 5.74) is 3.41. The van der Waals surface area contributed by atoms with Gasteiger partial charge in [0, 0.05) is 43.5 Å². The maximum Gasteiger partial charge on any atom is 0.125 e. The molecule has 174 valence electrons. The first kappa shape index (κ1) is 27.0. The summed E-state index contributed by atoms with van der Waals surface area (Å²) < 4.78 is 0. The van der Waals surface area contributed by atoms with Gasteiger partial charge in [-0.25, -0.2) is 4.98 Å². The van der Waals surface area contributed by atoms with Crippen LogP contribution in [0.4, 0.5) is 0 Å². The van der Waals surface area contributed by atoms with E-state index in [1.165, 1.54) is 6.42 Å². The molecule has 1 fully saturated rings. The van der Waals surface area contributed by atoms with Crippen molar-refractivity contribution in [1.29, 1.82) is 0 Å². The van der Waals surface area contributed by atoms with E-state index >= 15 is 0 Å². The Labute approximate surface area is 193 Å². The molecule has 1 aromatic carbocycles. The summed E-state index contributed by atoms with van der Waals surface area (Å²) in [6.07, 6.45) is 6.21. The highest BCUT2D eigenvalue weighted by Crippen LogP contribution is 2.26. The Morgan fingerprint density at radius 3 is 2.41 bits per heavy atom. The van der Waals surface area contributed by atoms with Crippen LogP contribution in [0, 0.1) is 6.92 Å². The number of aromatic hydroxyl groups is 1. The molecular weight excluding hydrogens is 400 g/mol. The maximum absolute atomic E-state index is 10.5. The zero-order valence-corrected chi connectivity index (χ0v) is 20.4. The standard InChI is InChI=1S/C20H24N6O.C3H8.C2H6/c1-4-18(25-24-15(3)26-9-7-21-8-10-26)17-6-5-16(11-20(17)27)19-13-22-12-14(2)23-19;1-3-2;1-2/h4-6,11-13,21,27H,1,7-10H2,2-3H3;3H2,1-2H3;1-2H3/b24-15+,25-18+;;. The number of allylic oxidation sites excluding steroid dienone is 1. The molecule has 2 heterocycles. The first-order valence-electron chi connectivity index (χ1n) is 11.3. The molecule has 1 saturated heterocycles. The molecule has 0 spiro atoms. The van der Waals surface area contributed by atoms with Crippen molar-refractivity contribution in [1.82, 2.24) is 20.2 Å². The van der Waals surface area contributed by atoms with Gasteiger partial charge in [0.25, 0.3) is 0 Å². The quantitative estimate of drug-likeness (QED) is 0.406. The Morgan fingerprint density at radius 1 is 1.19 bits per heavy atom. The van der Waals surface area contributed by atoms with E-state index in [4.69, 9.17) is 0 Å². The number of aromatic nitrogens is 2. The molecular formula is C25H38N6O. The summed E-state index contributed by atoms with van der Waals surface area (Å²) >= 11 is 0. The summed E-state index contributed by atoms with van der Waals surface area (Å²) in [6.45, 7) is 19.6. The van der Waals surface area contributed by atoms with Crippen molar-refractivity contribution in [3.8, 4) is 17.0 Å². The number of nitrogens with zero attached hydrogens (tertiary/aromatic N) is 5. The molecule has 0 atom stereocenters. The molecule has 3 rings (SSSR count). The maximum atomic E-state index is 10.5. The minimum atomic E-state index is 0.101. The van der Waals surface area contributed by atoms with E-state index in [9.17, 15) is 5.11 Å². The van der Waals surface area contributed by atoms with Crippen molar-refractivity contribution in [3.05, 3.63) is 54.5 Å². The van der Waals surface area contributed by atoms with Crippen molar-refractivity contribution in [2.75, 3.05) is 26.2 Å². The number of benzene rings is 1. The Kier molecular flexibility index (Phi) is 12.5. The van der Waals surface area contributed by atoms with Gasteiger partial charge in [-0.05, 0) is 32.1 Å². The number of hydrogen-bond donors (Lipinski definition) is 2. The van der Waals surface area contributed by atoms with Crippen LogP contribution in [0.25, 0.3) is 11.3 Å². The molecule has 0 unspecified atom stereocenters. The van der Waals surface area contributed by atoms with E-state index in [0.29, 0.717) is 17.0 Å². The van der Waals surface area contributed by atoms with Crippen LogP contribution in [0.3, 0.4) is 0 Å². The van der Waals surface area contributed by atoms with Crippen LogP contribution in [-0.4, -0.2) is 57.7 Å². The van der Waals surface area contributed by atoms with Gasteiger partial charge in [-0.15, -0.1) is 10.2 Å². The second-order valence-electron chi connectivity index (χ2n) is 7.06. The van der Waals surface area contributed by atoms with Gasteiger partial charge in [0.15, 0.2) is 0 Å². The highest BCUT2D eigenvalue weighted by molar-refractivity contribution is 6.10. The third-order valence-electron chi connectivity index (χ3n) is 4.39. The van der Waals surface area contributed by atoms with E-state index in [1.807, 2.05) is 33.8 Å². The summed E-state index contributed by atoms with van der Waals surface area (Å²) in [7, 11) is 0. The van der Waals surface area contributed by atoms with Gasteiger partial charge in [0.2, 0.25) is 0 Å². The molecule has 7 nitrogen and oxygen atoms in total. The van der Waals surface area contributed by atoms with Crippen LogP contribution < -0.4 is 5.32 Å². The van der Waals surface area contributed by atoms with Crippen molar-refractivity contribution >= 4 is 11.5 Å². The summed E-state index contributed by atoms with van der Waals surface area (Å²) in [5, 5.41) is 22.4. The monoisotopic (exact) mass is 438 g/mol. The largest absolute Gasteiger partial charge is 0.507 e. The molecule has 0 saturated carbocycles. The lowest BCUT2D eigenvalue weighted by Gasteiger charge is -2.28. The van der Waals surface area contributed by atoms with Gasteiger partial charge in [-0.2, -0.15) is 0 Å². The van der Waals surface area contributed by atoms with Crippen LogP contribution in [0.1, 0.15) is 52.3 Å². The average molecular weight is 439 g/mol. The molecule has 0 bridgehead atoms. The lowest BCUT2D eigenvalue weighted by Crippen LogP contribution is -2.45. The average Bonchev–Trinajstić information content (AvgIpc) is 2.82. The molecule has 0 radical (unpaired) electrons. The fraction of sp³-hybridized carbons (Fsp3) is 0.440. The van der Waals surface area contributed by atoms with E-state index in [2.05, 4.69) is 50.8 Å². The van der Waals surface area contributed by atoms with Crippen molar-refractivity contribution < 1.29 is 5.11 Å². The van der Waals surface area contributed by atoms with E-state index in [-0.39, 0.29) is 5.75 Å². The minimum absolute atomic E-state index is 0.101. The van der Waals surface area contributed by atoms with Gasteiger partial charge in [-0.3, -0.25) is 4.98 Å². The van der Waals surface area contributed by atoms with Gasteiger partial charge in [0.05, 0.1) is 23.3 Å². The van der Waals surface area contributed by atoms with Crippen LogP contribution >= 0.6 is 0 Å². The van der Waals surface area contributed by atoms with Crippen LogP contribution in [0.2, 0.25) is 0 Å². The smallest absolute Gasteiger partial charge is 0.125 e. The van der Waals surface area contributed by atoms with Crippen LogP contribution in [-0.2, 0) is 0 Å². The second-order valence-corrected chi connectivity index (χ2v) is 7.06. The molecule has 1 aliphatic heterocycles. The first-order chi connectivity index (χ1) is 15.5. The number of piperazine rings is 1. The van der Waals surface area contributed by atoms with E-state index in [1.54, 1.807) is 30.6 Å². The Morgan fingerprint density at radius 2 is 1.84 bits per heavy atom. The van der Waals surface area contributed by atoms with E-state index < -0.39 is 0 Å². The molecule has 32 heavy (non-hydrogen) atoms. The SMILES string of the molecule is C=C/C(=N\N=C(/C)N1CCNCC1)c1ccc(-c2cncc(C)n2)cc1O.CC.CCC. The molecule has 2 N–H and O–H groups in total. The summed E-state index contributed by atoms with van der Waals surface area (Å²) in [4.78, 5) is 10.8. The number of phenols is 1. The second kappa shape index (κ2) is 14.9. The Bertz CT molecular complexity index is 901. The van der Waals surface area contributed by atoms with Gasteiger partial charge < -0.3 is 15.3 Å². The topological polar surface area (TPSA) is 86.0 Å². The van der Waals surface area contributed by atoms with Gasteiger partial charge >= 0.3 is 0 Å². The van der Waals surface area contributed by atoms with Crippen LogP contribution in [0.5, 0.6) is 5.75 Å². The molecule has 0 amide bonds. The summed E-state index contributed by atoms with van der Waals surface area (Å²) in [5.74, 6) is 0.950. The lowest BCUT2D eigenvalue weighted by molar-refractivity contribution is 0.355. The summed E-state index contributed by atoms with van der Waals surface area (Å²) in [6, 6.07) is 5.33. The molecule has 7 heteroatoms. The van der Waals surface area contributed by atoms with Gasteiger partial charge in [0.1, 0.15) is 11.6 Å². The number of amidine groups is 1. The highest BCUT2D eigenvalue weighted by Gasteiger charge is 2.12. The highest BCUT2D eigenvalue weighted by atomic mass is 16.3. The normalized spacial score (nSPS) is 14.0. The van der Waals surface area contributed by atoms with Crippen molar-refractivity contribution in [2.45, 2.75) is 48.0 Å². The predicted octanol–water partition coefficient (Wildman–Crippen LogP) is 4.81. The first-order valence-corrected chi connectivity index (χ1v) is 11.3. The number of nitrogens with one attached hydrogen (secondary N) is 1. The number of aryl methyl sites for hydroxylation is 1. The molecule has 1 aliphatic rings. The van der Waals surface area contributed by atoms with E-state index in [0.717, 1.165) is 43.3 Å². The number of phenolic OH excluding ortho intramolecular Hbond substituents is 1. The molecule has 1 aromatic heterocycles.